The monoisotopic (exact) mass is 361 g/mol. The average molecular weight is 362 g/mol. The van der Waals surface area contributed by atoms with E-state index in [9.17, 15) is 8.78 Å². The zero-order valence-electron chi connectivity index (χ0n) is 12.5. The minimum Gasteiger partial charge on any atom is -0.374 e. The number of benzene rings is 1. The van der Waals surface area contributed by atoms with Gasteiger partial charge in [0, 0.05) is 11.6 Å². The highest BCUT2D eigenvalue weighted by Gasteiger charge is 2.30. The van der Waals surface area contributed by atoms with Crippen molar-refractivity contribution in [3.05, 3.63) is 33.8 Å². The number of nitrogens with one attached hydrogen (secondary N) is 1. The molecule has 0 saturated carbocycles. The Morgan fingerprint density at radius 2 is 2.14 bits per heavy atom. The van der Waals surface area contributed by atoms with Gasteiger partial charge in [-0.25, -0.2) is 8.78 Å². The van der Waals surface area contributed by atoms with E-state index in [1.165, 1.54) is 12.1 Å². The minimum absolute atomic E-state index is 0.0179. The van der Waals surface area contributed by atoms with Gasteiger partial charge in [-0.3, -0.25) is 0 Å². The highest BCUT2D eigenvalue weighted by molar-refractivity contribution is 9.10. The summed E-state index contributed by atoms with van der Waals surface area (Å²) < 4.78 is 34.3. The quantitative estimate of drug-likeness (QED) is 0.766. The first kappa shape index (κ1) is 16.8. The molecular weight excluding hydrogens is 340 g/mol. The molecule has 0 radical (unpaired) electrons. The molecule has 21 heavy (non-hydrogen) atoms. The van der Waals surface area contributed by atoms with Crippen molar-refractivity contribution >= 4 is 15.9 Å². The average Bonchev–Trinajstić information content (AvgIpc) is 2.89. The van der Waals surface area contributed by atoms with E-state index in [2.05, 4.69) is 28.2 Å². The molecule has 0 spiro atoms. The fraction of sp³-hybridized carbons (Fsp3) is 0.625. The summed E-state index contributed by atoms with van der Waals surface area (Å²) in [7, 11) is 0. The third-order valence-corrected chi connectivity index (χ3v) is 4.55. The Bertz CT molecular complexity index is 484. The Morgan fingerprint density at radius 1 is 1.38 bits per heavy atom. The molecule has 0 bridgehead atoms. The molecule has 1 heterocycles. The van der Waals surface area contributed by atoms with E-state index in [0.717, 1.165) is 25.8 Å². The standard InChI is InChI=1S/C16H22BrF2NO/c1-3-8-20-14(15-7-4-10(2)21-15)9-11-13(18)6-5-12(17)16(11)19/h5-6,10,14-15,20H,3-4,7-9H2,1-2H3. The number of ether oxygens (including phenoxy) is 1. The minimum atomic E-state index is -0.510. The number of hydrogen-bond acceptors (Lipinski definition) is 2. The summed E-state index contributed by atoms with van der Waals surface area (Å²) in [5.74, 6) is -1.01. The van der Waals surface area contributed by atoms with Crippen LogP contribution in [0.4, 0.5) is 8.78 Å². The molecule has 1 aromatic rings. The van der Waals surface area contributed by atoms with E-state index in [1.54, 1.807) is 0 Å². The van der Waals surface area contributed by atoms with Crippen LogP contribution >= 0.6 is 15.9 Å². The first-order valence-electron chi connectivity index (χ1n) is 7.54. The van der Waals surface area contributed by atoms with Crippen molar-refractivity contribution in [2.75, 3.05) is 6.54 Å². The first-order valence-corrected chi connectivity index (χ1v) is 8.33. The maximum absolute atomic E-state index is 14.2. The number of halogens is 3. The van der Waals surface area contributed by atoms with Gasteiger partial charge in [0.05, 0.1) is 16.7 Å². The third kappa shape index (κ3) is 4.24. The molecule has 1 aliphatic heterocycles. The molecule has 1 aromatic carbocycles. The first-order chi connectivity index (χ1) is 10.0. The summed E-state index contributed by atoms with van der Waals surface area (Å²) in [6.45, 7) is 4.93. The second-order valence-corrected chi connectivity index (χ2v) is 6.50. The van der Waals surface area contributed by atoms with Gasteiger partial charge in [-0.05, 0) is 67.2 Å². The van der Waals surface area contributed by atoms with Crippen LogP contribution in [0.5, 0.6) is 0 Å². The van der Waals surface area contributed by atoms with Crippen molar-refractivity contribution in [3.8, 4) is 0 Å². The van der Waals surface area contributed by atoms with Crippen molar-refractivity contribution in [3.63, 3.8) is 0 Å². The van der Waals surface area contributed by atoms with Gasteiger partial charge in [-0.2, -0.15) is 0 Å². The largest absolute Gasteiger partial charge is 0.374 e. The molecule has 0 aliphatic carbocycles. The lowest BCUT2D eigenvalue weighted by atomic mass is 9.98. The molecule has 1 saturated heterocycles. The molecule has 1 N–H and O–H groups in total. The molecular formula is C16H22BrF2NO. The molecule has 2 nitrogen and oxygen atoms in total. The van der Waals surface area contributed by atoms with Gasteiger partial charge in [0.25, 0.3) is 0 Å². The summed E-state index contributed by atoms with van der Waals surface area (Å²) in [6.07, 6.45) is 3.44. The van der Waals surface area contributed by atoms with Crippen molar-refractivity contribution < 1.29 is 13.5 Å². The summed E-state index contributed by atoms with van der Waals surface area (Å²) in [4.78, 5) is 0. The van der Waals surface area contributed by atoms with E-state index < -0.39 is 11.6 Å². The van der Waals surface area contributed by atoms with Crippen LogP contribution in [0.25, 0.3) is 0 Å². The SMILES string of the molecule is CCCNC(Cc1c(F)ccc(Br)c1F)C1CCC(C)O1. The highest BCUT2D eigenvalue weighted by atomic mass is 79.9. The van der Waals surface area contributed by atoms with Crippen LogP contribution in [0, 0.1) is 11.6 Å². The van der Waals surface area contributed by atoms with Gasteiger partial charge < -0.3 is 10.1 Å². The predicted molar refractivity (Wildman–Crippen MR) is 83.4 cm³/mol. The summed E-state index contributed by atoms with van der Waals surface area (Å²) >= 11 is 3.12. The van der Waals surface area contributed by atoms with Crippen LogP contribution < -0.4 is 5.32 Å². The molecule has 0 amide bonds. The van der Waals surface area contributed by atoms with Gasteiger partial charge in [0.15, 0.2) is 0 Å². The van der Waals surface area contributed by atoms with Gasteiger partial charge >= 0.3 is 0 Å². The molecule has 1 fully saturated rings. The zero-order chi connectivity index (χ0) is 15.4. The molecule has 118 valence electrons. The second-order valence-electron chi connectivity index (χ2n) is 5.65. The van der Waals surface area contributed by atoms with Crippen molar-refractivity contribution in [2.45, 2.75) is 57.8 Å². The molecule has 0 aromatic heterocycles. The Balaban J connectivity index is 2.16. The Kier molecular flexibility index (Phi) is 6.14. The Labute approximate surface area is 133 Å². The zero-order valence-corrected chi connectivity index (χ0v) is 14.1. The van der Waals surface area contributed by atoms with E-state index in [1.807, 2.05) is 6.92 Å². The van der Waals surface area contributed by atoms with E-state index >= 15 is 0 Å². The summed E-state index contributed by atoms with van der Waals surface area (Å²) in [5.41, 5.74) is 0.126. The fourth-order valence-corrected chi connectivity index (χ4v) is 3.14. The maximum Gasteiger partial charge on any atom is 0.143 e. The van der Waals surface area contributed by atoms with E-state index in [4.69, 9.17) is 4.74 Å². The predicted octanol–water partition coefficient (Wildman–Crippen LogP) is 4.21. The second kappa shape index (κ2) is 7.65. The normalized spacial score (nSPS) is 23.5. The Morgan fingerprint density at radius 3 is 2.76 bits per heavy atom. The van der Waals surface area contributed by atoms with Crippen molar-refractivity contribution in [1.82, 2.24) is 5.32 Å². The van der Waals surface area contributed by atoms with E-state index in [-0.39, 0.29) is 23.8 Å². The lowest BCUT2D eigenvalue weighted by molar-refractivity contribution is 0.0317. The third-order valence-electron chi connectivity index (χ3n) is 3.93. The van der Waals surface area contributed by atoms with Crippen LogP contribution in [0.15, 0.2) is 16.6 Å². The summed E-state index contributed by atoms with van der Waals surface area (Å²) in [5, 5.41) is 3.38. The molecule has 3 unspecified atom stereocenters. The van der Waals surface area contributed by atoms with Crippen LogP contribution in [0.2, 0.25) is 0 Å². The molecule has 2 rings (SSSR count). The van der Waals surface area contributed by atoms with Gasteiger partial charge in [0.1, 0.15) is 11.6 Å². The topological polar surface area (TPSA) is 21.3 Å². The molecule has 1 aliphatic rings. The van der Waals surface area contributed by atoms with Gasteiger partial charge in [-0.1, -0.05) is 6.92 Å². The van der Waals surface area contributed by atoms with Crippen molar-refractivity contribution in [1.29, 1.82) is 0 Å². The maximum atomic E-state index is 14.2. The summed E-state index contributed by atoms with van der Waals surface area (Å²) in [6, 6.07) is 2.64. The Hall–Kier alpha value is -0.520. The lowest BCUT2D eigenvalue weighted by Gasteiger charge is -2.25. The highest BCUT2D eigenvalue weighted by Crippen LogP contribution is 2.27. The van der Waals surface area contributed by atoms with Crippen molar-refractivity contribution in [2.24, 2.45) is 0 Å². The van der Waals surface area contributed by atoms with E-state index in [0.29, 0.717) is 10.9 Å². The van der Waals surface area contributed by atoms with Gasteiger partial charge in [-0.15, -0.1) is 0 Å². The van der Waals surface area contributed by atoms with Crippen LogP contribution in [-0.2, 0) is 11.2 Å². The van der Waals surface area contributed by atoms with Crippen LogP contribution in [0.3, 0.4) is 0 Å². The lowest BCUT2D eigenvalue weighted by Crippen LogP contribution is -2.42. The number of rotatable bonds is 6. The molecule has 3 atom stereocenters. The van der Waals surface area contributed by atoms with Crippen LogP contribution in [0.1, 0.15) is 38.7 Å². The van der Waals surface area contributed by atoms with Crippen LogP contribution in [-0.4, -0.2) is 24.8 Å². The number of hydrogen-bond donors (Lipinski definition) is 1. The molecule has 5 heteroatoms. The smallest absolute Gasteiger partial charge is 0.143 e. The fourth-order valence-electron chi connectivity index (χ4n) is 2.77. The van der Waals surface area contributed by atoms with Gasteiger partial charge in [0.2, 0.25) is 0 Å².